The van der Waals surface area contributed by atoms with Gasteiger partial charge < -0.3 is 15.0 Å². The summed E-state index contributed by atoms with van der Waals surface area (Å²) in [6.07, 6.45) is 1.32. The van der Waals surface area contributed by atoms with Crippen LogP contribution in [0.5, 0.6) is 5.75 Å². The predicted molar refractivity (Wildman–Crippen MR) is 86.3 cm³/mol. The average molecular weight is 280 g/mol. The van der Waals surface area contributed by atoms with Crippen molar-refractivity contribution in [3.63, 3.8) is 0 Å². The monoisotopic (exact) mass is 280 g/mol. The number of hydrogen-bond acceptors (Lipinski definition) is 3. The SMILES string of the molecule is CC1Cc2ccccc2N1CC1CNc2ccccc2O1. The van der Waals surface area contributed by atoms with E-state index >= 15 is 0 Å². The lowest BCUT2D eigenvalue weighted by Crippen LogP contribution is -2.43. The summed E-state index contributed by atoms with van der Waals surface area (Å²) in [5.41, 5.74) is 3.92. The summed E-state index contributed by atoms with van der Waals surface area (Å²) in [5.74, 6) is 0.967. The van der Waals surface area contributed by atoms with E-state index in [2.05, 4.69) is 47.5 Å². The molecule has 0 saturated carbocycles. The molecule has 3 nitrogen and oxygen atoms in total. The van der Waals surface area contributed by atoms with Crippen molar-refractivity contribution in [2.24, 2.45) is 0 Å². The van der Waals surface area contributed by atoms with Gasteiger partial charge in [-0.2, -0.15) is 0 Å². The summed E-state index contributed by atoms with van der Waals surface area (Å²) in [6, 6.07) is 17.4. The molecule has 0 amide bonds. The molecule has 2 aromatic carbocycles. The maximum absolute atomic E-state index is 6.15. The first-order valence-electron chi connectivity index (χ1n) is 7.65. The van der Waals surface area contributed by atoms with E-state index in [1.54, 1.807) is 0 Å². The van der Waals surface area contributed by atoms with Crippen LogP contribution in [0.25, 0.3) is 0 Å². The zero-order chi connectivity index (χ0) is 14.2. The first-order valence-corrected chi connectivity index (χ1v) is 7.65. The van der Waals surface area contributed by atoms with E-state index in [1.807, 2.05) is 18.2 Å². The molecule has 0 fully saturated rings. The Morgan fingerprint density at radius 2 is 1.95 bits per heavy atom. The van der Waals surface area contributed by atoms with Crippen LogP contribution in [0.4, 0.5) is 11.4 Å². The molecule has 1 N–H and O–H groups in total. The largest absolute Gasteiger partial charge is 0.485 e. The van der Waals surface area contributed by atoms with Crippen LogP contribution in [-0.2, 0) is 6.42 Å². The summed E-state index contributed by atoms with van der Waals surface area (Å²) < 4.78 is 6.15. The highest BCUT2D eigenvalue weighted by molar-refractivity contribution is 5.60. The Morgan fingerprint density at radius 1 is 1.14 bits per heavy atom. The van der Waals surface area contributed by atoms with Crippen molar-refractivity contribution < 1.29 is 4.74 Å². The second-order valence-electron chi connectivity index (χ2n) is 5.95. The minimum absolute atomic E-state index is 0.188. The van der Waals surface area contributed by atoms with E-state index in [1.165, 1.54) is 11.3 Å². The van der Waals surface area contributed by atoms with Crippen LogP contribution < -0.4 is 15.0 Å². The average Bonchev–Trinajstić information content (AvgIpc) is 2.83. The van der Waals surface area contributed by atoms with Gasteiger partial charge in [0.1, 0.15) is 11.9 Å². The minimum Gasteiger partial charge on any atom is -0.485 e. The van der Waals surface area contributed by atoms with Crippen molar-refractivity contribution in [1.82, 2.24) is 0 Å². The van der Waals surface area contributed by atoms with Gasteiger partial charge >= 0.3 is 0 Å². The molecule has 2 aliphatic rings. The number of nitrogens with zero attached hydrogens (tertiary/aromatic N) is 1. The zero-order valence-electron chi connectivity index (χ0n) is 12.3. The van der Waals surface area contributed by atoms with Crippen LogP contribution in [0.2, 0.25) is 0 Å². The number of benzene rings is 2. The van der Waals surface area contributed by atoms with E-state index in [4.69, 9.17) is 4.74 Å². The van der Waals surface area contributed by atoms with Crippen molar-refractivity contribution in [3.05, 3.63) is 54.1 Å². The fourth-order valence-corrected chi connectivity index (χ4v) is 3.39. The zero-order valence-corrected chi connectivity index (χ0v) is 12.3. The molecule has 0 bridgehead atoms. The van der Waals surface area contributed by atoms with E-state index in [9.17, 15) is 0 Å². The summed E-state index contributed by atoms with van der Waals surface area (Å²) in [7, 11) is 0. The standard InChI is InChI=1S/C18H20N2O/c1-13-10-14-6-2-4-8-17(14)20(13)12-15-11-19-16-7-3-5-9-18(16)21-15/h2-9,13,15,19H,10-12H2,1H3. The Morgan fingerprint density at radius 3 is 2.90 bits per heavy atom. The number of fused-ring (bicyclic) bond motifs is 2. The van der Waals surface area contributed by atoms with E-state index in [-0.39, 0.29) is 6.10 Å². The van der Waals surface area contributed by atoms with Gasteiger partial charge in [0.05, 0.1) is 18.8 Å². The van der Waals surface area contributed by atoms with Crippen molar-refractivity contribution >= 4 is 11.4 Å². The van der Waals surface area contributed by atoms with Crippen LogP contribution >= 0.6 is 0 Å². The fourth-order valence-electron chi connectivity index (χ4n) is 3.39. The van der Waals surface area contributed by atoms with Crippen LogP contribution in [0.1, 0.15) is 12.5 Å². The second-order valence-corrected chi connectivity index (χ2v) is 5.95. The number of para-hydroxylation sites is 3. The van der Waals surface area contributed by atoms with E-state index in [0.29, 0.717) is 6.04 Å². The molecule has 108 valence electrons. The van der Waals surface area contributed by atoms with Crippen molar-refractivity contribution in [1.29, 1.82) is 0 Å². The molecule has 0 radical (unpaired) electrons. The third kappa shape index (κ3) is 2.23. The molecule has 3 heteroatoms. The second kappa shape index (κ2) is 4.99. The molecule has 2 heterocycles. The van der Waals surface area contributed by atoms with Gasteiger partial charge in [-0.1, -0.05) is 30.3 Å². The van der Waals surface area contributed by atoms with Crippen LogP contribution in [0, 0.1) is 0 Å². The number of ether oxygens (including phenoxy) is 1. The highest BCUT2D eigenvalue weighted by atomic mass is 16.5. The van der Waals surface area contributed by atoms with Gasteiger partial charge in [0.2, 0.25) is 0 Å². The Balaban J connectivity index is 1.53. The molecule has 2 atom stereocenters. The van der Waals surface area contributed by atoms with Crippen LogP contribution in [-0.4, -0.2) is 25.2 Å². The van der Waals surface area contributed by atoms with Crippen molar-refractivity contribution in [2.75, 3.05) is 23.3 Å². The molecule has 0 aromatic heterocycles. The molecule has 2 aliphatic heterocycles. The maximum atomic E-state index is 6.15. The van der Waals surface area contributed by atoms with Gasteiger partial charge in [0.25, 0.3) is 0 Å². The smallest absolute Gasteiger partial charge is 0.143 e. The van der Waals surface area contributed by atoms with Gasteiger partial charge in [-0.25, -0.2) is 0 Å². The molecule has 2 unspecified atom stereocenters. The summed E-state index contributed by atoms with van der Waals surface area (Å²) >= 11 is 0. The lowest BCUT2D eigenvalue weighted by Gasteiger charge is -2.33. The van der Waals surface area contributed by atoms with Gasteiger partial charge in [0, 0.05) is 11.7 Å². The van der Waals surface area contributed by atoms with E-state index in [0.717, 1.165) is 30.9 Å². The summed E-state index contributed by atoms with van der Waals surface area (Å²) in [6.45, 7) is 4.09. The third-order valence-electron chi connectivity index (χ3n) is 4.45. The van der Waals surface area contributed by atoms with Gasteiger partial charge in [-0.05, 0) is 37.1 Å². The molecule has 0 saturated heterocycles. The molecular weight excluding hydrogens is 260 g/mol. The summed E-state index contributed by atoms with van der Waals surface area (Å²) in [4.78, 5) is 2.48. The molecule has 4 rings (SSSR count). The van der Waals surface area contributed by atoms with Gasteiger partial charge in [-0.3, -0.25) is 0 Å². The first-order chi connectivity index (χ1) is 10.3. The van der Waals surface area contributed by atoms with E-state index < -0.39 is 0 Å². The van der Waals surface area contributed by atoms with Crippen LogP contribution in [0.15, 0.2) is 48.5 Å². The van der Waals surface area contributed by atoms with Crippen LogP contribution in [0.3, 0.4) is 0 Å². The Hall–Kier alpha value is -2.16. The van der Waals surface area contributed by atoms with Crippen molar-refractivity contribution in [2.45, 2.75) is 25.5 Å². The first kappa shape index (κ1) is 12.6. The highest BCUT2D eigenvalue weighted by Gasteiger charge is 2.29. The lowest BCUT2D eigenvalue weighted by molar-refractivity contribution is 0.209. The Bertz CT molecular complexity index is 655. The molecular formula is C18H20N2O. The highest BCUT2D eigenvalue weighted by Crippen LogP contribution is 2.33. The van der Waals surface area contributed by atoms with Gasteiger partial charge in [0.15, 0.2) is 0 Å². The fraction of sp³-hybridized carbons (Fsp3) is 0.333. The molecule has 21 heavy (non-hydrogen) atoms. The number of anilines is 2. The number of rotatable bonds is 2. The number of hydrogen-bond donors (Lipinski definition) is 1. The topological polar surface area (TPSA) is 24.5 Å². The maximum Gasteiger partial charge on any atom is 0.143 e. The molecule has 0 aliphatic carbocycles. The van der Waals surface area contributed by atoms with Crippen molar-refractivity contribution in [3.8, 4) is 5.75 Å². The summed E-state index contributed by atoms with van der Waals surface area (Å²) in [5, 5.41) is 3.47. The Labute approximate surface area is 125 Å². The normalized spacial score (nSPS) is 23.0. The third-order valence-corrected chi connectivity index (χ3v) is 4.45. The quantitative estimate of drug-likeness (QED) is 0.913. The Kier molecular flexibility index (Phi) is 2.99. The lowest BCUT2D eigenvalue weighted by atomic mass is 10.1. The molecule has 0 spiro atoms. The molecule has 2 aromatic rings. The predicted octanol–water partition coefficient (Wildman–Crippen LogP) is 3.31. The minimum atomic E-state index is 0.188. The van der Waals surface area contributed by atoms with Gasteiger partial charge in [-0.15, -0.1) is 0 Å². The number of nitrogens with one attached hydrogen (secondary N) is 1.